The number of aromatic nitrogens is 1. The van der Waals surface area contributed by atoms with E-state index in [2.05, 4.69) is 23.3 Å². The number of nitriles is 1. The fourth-order valence-electron chi connectivity index (χ4n) is 1.81. The molecule has 2 rings (SSSR count). The van der Waals surface area contributed by atoms with Crippen molar-refractivity contribution in [2.75, 3.05) is 13.2 Å². The van der Waals surface area contributed by atoms with Crippen LogP contribution in [0.3, 0.4) is 0 Å². The van der Waals surface area contributed by atoms with Gasteiger partial charge in [0.05, 0.1) is 17.3 Å². The predicted molar refractivity (Wildman–Crippen MR) is 77.3 cm³/mol. The quantitative estimate of drug-likeness (QED) is 0.817. The molecule has 0 bridgehead atoms. The maximum absolute atomic E-state index is 8.71. The lowest BCUT2D eigenvalue weighted by molar-refractivity contribution is 0.307. The maximum Gasteiger partial charge on any atom is 0.119 e. The van der Waals surface area contributed by atoms with Gasteiger partial charge in [-0.15, -0.1) is 0 Å². The molecule has 1 aromatic heterocycles. The van der Waals surface area contributed by atoms with E-state index in [1.807, 2.05) is 18.2 Å². The molecule has 0 aliphatic heterocycles. The number of ether oxygens (including phenoxy) is 1. The molecule has 0 fully saturated rings. The molecule has 2 aromatic rings. The summed E-state index contributed by atoms with van der Waals surface area (Å²) in [5.74, 6) is 0.774. The van der Waals surface area contributed by atoms with Crippen LogP contribution < -0.4 is 10.1 Å². The van der Waals surface area contributed by atoms with Gasteiger partial charge >= 0.3 is 0 Å². The third kappa shape index (κ3) is 4.08. The second-order valence-corrected chi connectivity index (χ2v) is 4.42. The van der Waals surface area contributed by atoms with Crippen molar-refractivity contribution in [1.29, 1.82) is 5.26 Å². The van der Waals surface area contributed by atoms with Crippen LogP contribution >= 0.6 is 0 Å². The van der Waals surface area contributed by atoms with Crippen LogP contribution in [0, 0.1) is 11.3 Å². The molecule has 1 heterocycles. The van der Waals surface area contributed by atoms with Gasteiger partial charge in [0, 0.05) is 18.8 Å². The summed E-state index contributed by atoms with van der Waals surface area (Å²) in [4.78, 5) is 4.30. The van der Waals surface area contributed by atoms with E-state index in [9.17, 15) is 0 Å². The highest BCUT2D eigenvalue weighted by atomic mass is 16.5. The number of hydrogen-bond donors (Lipinski definition) is 1. The first-order chi connectivity index (χ1) is 9.79. The Morgan fingerprint density at radius 3 is 2.70 bits per heavy atom. The van der Waals surface area contributed by atoms with Gasteiger partial charge in [0.2, 0.25) is 0 Å². The standard InChI is InChI=1S/C16H17N3O/c1-13(16-4-2-3-9-19-16)18-10-11-20-15-7-5-14(12-17)6-8-15/h2-9,13,18H,10-11H2,1H3. The Kier molecular flexibility index (Phi) is 5.10. The summed E-state index contributed by atoms with van der Waals surface area (Å²) in [6.07, 6.45) is 1.79. The van der Waals surface area contributed by atoms with Crippen LogP contribution in [0.5, 0.6) is 5.75 Å². The summed E-state index contributed by atoms with van der Waals surface area (Å²) in [5.41, 5.74) is 1.66. The van der Waals surface area contributed by atoms with E-state index in [1.54, 1.807) is 30.5 Å². The smallest absolute Gasteiger partial charge is 0.119 e. The molecule has 1 N–H and O–H groups in total. The Hall–Kier alpha value is -2.38. The van der Waals surface area contributed by atoms with Crippen LogP contribution in [0.25, 0.3) is 0 Å². The second kappa shape index (κ2) is 7.27. The molecule has 0 amide bonds. The van der Waals surface area contributed by atoms with E-state index in [0.717, 1.165) is 18.0 Å². The van der Waals surface area contributed by atoms with Gasteiger partial charge in [0.15, 0.2) is 0 Å². The minimum absolute atomic E-state index is 0.195. The lowest BCUT2D eigenvalue weighted by Crippen LogP contribution is -2.24. The fourth-order valence-corrected chi connectivity index (χ4v) is 1.81. The molecule has 0 saturated carbocycles. The Morgan fingerprint density at radius 1 is 1.25 bits per heavy atom. The van der Waals surface area contributed by atoms with Gasteiger partial charge in [-0.05, 0) is 43.3 Å². The molecule has 4 heteroatoms. The average molecular weight is 267 g/mol. The van der Waals surface area contributed by atoms with E-state index in [4.69, 9.17) is 10.00 Å². The van der Waals surface area contributed by atoms with Crippen molar-refractivity contribution >= 4 is 0 Å². The predicted octanol–water partition coefficient (Wildman–Crippen LogP) is 2.68. The Labute approximate surface area is 119 Å². The van der Waals surface area contributed by atoms with Crippen LogP contribution in [0.1, 0.15) is 24.2 Å². The van der Waals surface area contributed by atoms with Gasteiger partial charge < -0.3 is 10.1 Å². The van der Waals surface area contributed by atoms with Crippen molar-refractivity contribution in [3.8, 4) is 11.8 Å². The molecule has 102 valence electrons. The molecule has 0 aliphatic carbocycles. The SMILES string of the molecule is CC(NCCOc1ccc(C#N)cc1)c1ccccn1. The van der Waals surface area contributed by atoms with Gasteiger partial charge in [-0.2, -0.15) is 5.26 Å². The zero-order valence-corrected chi connectivity index (χ0v) is 11.4. The van der Waals surface area contributed by atoms with Crippen molar-refractivity contribution < 1.29 is 4.74 Å². The first-order valence-electron chi connectivity index (χ1n) is 6.57. The minimum atomic E-state index is 0.195. The molecule has 0 spiro atoms. The van der Waals surface area contributed by atoms with Crippen molar-refractivity contribution in [2.45, 2.75) is 13.0 Å². The van der Waals surface area contributed by atoms with E-state index < -0.39 is 0 Å². The summed E-state index contributed by atoms with van der Waals surface area (Å²) >= 11 is 0. The Balaban J connectivity index is 1.72. The topological polar surface area (TPSA) is 57.9 Å². The monoisotopic (exact) mass is 267 g/mol. The summed E-state index contributed by atoms with van der Waals surface area (Å²) in [7, 11) is 0. The largest absolute Gasteiger partial charge is 0.492 e. The zero-order chi connectivity index (χ0) is 14.2. The van der Waals surface area contributed by atoms with Crippen LogP contribution in [-0.2, 0) is 0 Å². The lowest BCUT2D eigenvalue weighted by Gasteiger charge is -2.13. The zero-order valence-electron chi connectivity index (χ0n) is 11.4. The van der Waals surface area contributed by atoms with E-state index in [-0.39, 0.29) is 6.04 Å². The summed E-state index contributed by atoms with van der Waals surface area (Å²) in [6, 6.07) is 15.3. The molecule has 1 atom stereocenters. The highest BCUT2D eigenvalue weighted by Crippen LogP contribution is 2.11. The average Bonchev–Trinajstić information content (AvgIpc) is 2.53. The number of nitrogens with zero attached hydrogens (tertiary/aromatic N) is 2. The van der Waals surface area contributed by atoms with Gasteiger partial charge in [-0.3, -0.25) is 4.98 Å². The van der Waals surface area contributed by atoms with Gasteiger partial charge in [0.1, 0.15) is 12.4 Å². The molecule has 0 aliphatic rings. The molecule has 4 nitrogen and oxygen atoms in total. The Bertz CT molecular complexity index is 561. The third-order valence-corrected chi connectivity index (χ3v) is 2.94. The fraction of sp³-hybridized carbons (Fsp3) is 0.250. The van der Waals surface area contributed by atoms with E-state index >= 15 is 0 Å². The van der Waals surface area contributed by atoms with Crippen LogP contribution in [-0.4, -0.2) is 18.1 Å². The molecular formula is C16H17N3O. The number of rotatable bonds is 6. The van der Waals surface area contributed by atoms with Crippen LogP contribution in [0.2, 0.25) is 0 Å². The van der Waals surface area contributed by atoms with Gasteiger partial charge in [-0.25, -0.2) is 0 Å². The second-order valence-electron chi connectivity index (χ2n) is 4.42. The lowest BCUT2D eigenvalue weighted by atomic mass is 10.2. The molecule has 1 aromatic carbocycles. The van der Waals surface area contributed by atoms with Gasteiger partial charge in [-0.1, -0.05) is 6.07 Å². The number of benzene rings is 1. The van der Waals surface area contributed by atoms with Crippen molar-refractivity contribution in [3.05, 3.63) is 59.9 Å². The third-order valence-electron chi connectivity index (χ3n) is 2.94. The molecule has 0 saturated heterocycles. The highest BCUT2D eigenvalue weighted by molar-refractivity contribution is 5.34. The number of hydrogen-bond acceptors (Lipinski definition) is 4. The summed E-state index contributed by atoms with van der Waals surface area (Å²) in [6.45, 7) is 3.38. The van der Waals surface area contributed by atoms with Crippen molar-refractivity contribution in [1.82, 2.24) is 10.3 Å². The summed E-state index contributed by atoms with van der Waals surface area (Å²) in [5, 5.41) is 12.1. The maximum atomic E-state index is 8.71. The van der Waals surface area contributed by atoms with Crippen molar-refractivity contribution in [2.24, 2.45) is 0 Å². The number of nitrogens with one attached hydrogen (secondary N) is 1. The highest BCUT2D eigenvalue weighted by Gasteiger charge is 2.04. The van der Waals surface area contributed by atoms with E-state index in [1.165, 1.54) is 0 Å². The molecule has 0 radical (unpaired) electrons. The summed E-state index contributed by atoms with van der Waals surface area (Å²) < 4.78 is 5.60. The number of pyridine rings is 1. The first-order valence-corrected chi connectivity index (χ1v) is 6.57. The Morgan fingerprint density at radius 2 is 2.05 bits per heavy atom. The molecule has 1 unspecified atom stereocenters. The first kappa shape index (κ1) is 14.0. The van der Waals surface area contributed by atoms with E-state index in [0.29, 0.717) is 12.2 Å². The van der Waals surface area contributed by atoms with Crippen LogP contribution in [0.15, 0.2) is 48.7 Å². The molecule has 20 heavy (non-hydrogen) atoms. The van der Waals surface area contributed by atoms with Gasteiger partial charge in [0.25, 0.3) is 0 Å². The van der Waals surface area contributed by atoms with Crippen LogP contribution in [0.4, 0.5) is 0 Å². The minimum Gasteiger partial charge on any atom is -0.492 e. The normalized spacial score (nSPS) is 11.6. The van der Waals surface area contributed by atoms with Crippen molar-refractivity contribution in [3.63, 3.8) is 0 Å². The molecular weight excluding hydrogens is 250 g/mol.